The first-order valence-corrected chi connectivity index (χ1v) is 9.20. The highest BCUT2D eigenvalue weighted by Gasteiger charge is 2.15. The molecule has 4 aromatic rings. The molecule has 0 aliphatic rings. The van der Waals surface area contributed by atoms with Crippen LogP contribution in [-0.2, 0) is 0 Å². The van der Waals surface area contributed by atoms with Crippen molar-refractivity contribution in [3.8, 4) is 11.3 Å². The maximum atomic E-state index is 12.5. The van der Waals surface area contributed by atoms with Crippen molar-refractivity contribution < 1.29 is 4.79 Å². The molecule has 0 saturated heterocycles. The van der Waals surface area contributed by atoms with Crippen molar-refractivity contribution in [2.75, 3.05) is 5.32 Å². The van der Waals surface area contributed by atoms with Crippen LogP contribution in [0.25, 0.3) is 22.3 Å². The van der Waals surface area contributed by atoms with Crippen molar-refractivity contribution >= 4 is 22.6 Å². The highest BCUT2D eigenvalue weighted by molar-refractivity contribution is 6.04. The Morgan fingerprint density at radius 1 is 1.14 bits per heavy atom. The van der Waals surface area contributed by atoms with E-state index in [-0.39, 0.29) is 5.91 Å². The minimum Gasteiger partial charge on any atom is -0.339 e. The molecule has 0 fully saturated rings. The van der Waals surface area contributed by atoms with Crippen LogP contribution in [0.5, 0.6) is 0 Å². The summed E-state index contributed by atoms with van der Waals surface area (Å²) in [6.07, 6.45) is 3.46. The topological polar surface area (TPSA) is 99.4 Å². The normalized spacial score (nSPS) is 11.3. The van der Waals surface area contributed by atoms with Gasteiger partial charge in [-0.1, -0.05) is 13.8 Å². The second-order valence-corrected chi connectivity index (χ2v) is 7.25. The molecule has 0 aromatic carbocycles. The third-order valence-corrected chi connectivity index (χ3v) is 4.88. The Labute approximate surface area is 162 Å². The number of aromatic amines is 2. The number of hydrogen-bond donors (Lipinski definition) is 3. The van der Waals surface area contributed by atoms with Gasteiger partial charge in [0.25, 0.3) is 5.91 Å². The average Bonchev–Trinajstić information content (AvgIpc) is 3.25. The van der Waals surface area contributed by atoms with Crippen LogP contribution < -0.4 is 5.32 Å². The summed E-state index contributed by atoms with van der Waals surface area (Å²) in [6, 6.07) is 7.99. The summed E-state index contributed by atoms with van der Waals surface area (Å²) in [4.78, 5) is 24.7. The third kappa shape index (κ3) is 3.26. The number of nitrogens with one attached hydrogen (secondary N) is 3. The van der Waals surface area contributed by atoms with E-state index in [0.717, 1.165) is 39.2 Å². The van der Waals surface area contributed by atoms with E-state index in [1.807, 2.05) is 38.2 Å². The summed E-state index contributed by atoms with van der Waals surface area (Å²) in [5, 5.41) is 10.7. The lowest BCUT2D eigenvalue weighted by molar-refractivity contribution is 0.102. The van der Waals surface area contributed by atoms with E-state index >= 15 is 0 Å². The number of rotatable bonds is 4. The summed E-state index contributed by atoms with van der Waals surface area (Å²) in [5.41, 5.74) is 6.58. The second kappa shape index (κ2) is 6.92. The van der Waals surface area contributed by atoms with Gasteiger partial charge in [-0.2, -0.15) is 5.10 Å². The number of aryl methyl sites for hydroxylation is 1. The van der Waals surface area contributed by atoms with Crippen molar-refractivity contribution in [3.05, 3.63) is 59.3 Å². The molecular formula is C21H22N6O. The number of nitrogens with zero attached hydrogens (tertiary/aromatic N) is 3. The number of carbonyl (C=O) groups excluding carboxylic acids is 1. The van der Waals surface area contributed by atoms with Crippen LogP contribution in [0.3, 0.4) is 0 Å². The summed E-state index contributed by atoms with van der Waals surface area (Å²) in [6.45, 7) is 8.00. The van der Waals surface area contributed by atoms with E-state index in [2.05, 4.69) is 50.4 Å². The van der Waals surface area contributed by atoms with Crippen molar-refractivity contribution in [3.63, 3.8) is 0 Å². The third-order valence-electron chi connectivity index (χ3n) is 4.88. The van der Waals surface area contributed by atoms with Crippen LogP contribution in [0.2, 0.25) is 0 Å². The van der Waals surface area contributed by atoms with Gasteiger partial charge in [0.2, 0.25) is 0 Å². The molecule has 0 aliphatic carbocycles. The van der Waals surface area contributed by atoms with Gasteiger partial charge in [-0.05, 0) is 44.0 Å². The van der Waals surface area contributed by atoms with Crippen molar-refractivity contribution in [1.82, 2.24) is 25.1 Å². The molecule has 0 spiro atoms. The zero-order valence-corrected chi connectivity index (χ0v) is 16.3. The molecule has 7 heteroatoms. The first-order chi connectivity index (χ1) is 13.4. The molecule has 4 heterocycles. The Kier molecular flexibility index (Phi) is 4.43. The zero-order valence-electron chi connectivity index (χ0n) is 16.3. The Hall–Kier alpha value is -3.48. The molecule has 3 N–H and O–H groups in total. The van der Waals surface area contributed by atoms with Crippen LogP contribution in [0, 0.1) is 13.8 Å². The molecule has 0 aliphatic heterocycles. The smallest absolute Gasteiger partial charge is 0.276 e. The van der Waals surface area contributed by atoms with Gasteiger partial charge in [0, 0.05) is 39.8 Å². The Morgan fingerprint density at radius 3 is 2.68 bits per heavy atom. The van der Waals surface area contributed by atoms with E-state index in [1.165, 1.54) is 0 Å². The molecule has 142 valence electrons. The second-order valence-electron chi connectivity index (χ2n) is 7.25. The first-order valence-electron chi connectivity index (χ1n) is 9.20. The van der Waals surface area contributed by atoms with E-state index in [0.29, 0.717) is 17.3 Å². The number of pyridine rings is 2. The summed E-state index contributed by atoms with van der Waals surface area (Å²) in [7, 11) is 0. The lowest BCUT2D eigenvalue weighted by Crippen LogP contribution is -2.13. The Morgan fingerprint density at radius 2 is 1.96 bits per heavy atom. The van der Waals surface area contributed by atoms with Gasteiger partial charge in [-0.15, -0.1) is 0 Å². The largest absolute Gasteiger partial charge is 0.339 e. The molecule has 4 rings (SSSR count). The average molecular weight is 374 g/mol. The number of hydrogen-bond acceptors (Lipinski definition) is 4. The Balaban J connectivity index is 1.62. The van der Waals surface area contributed by atoms with Gasteiger partial charge in [0.1, 0.15) is 5.65 Å². The Bertz CT molecular complexity index is 1170. The SMILES string of the molecule is Cc1[nH]nc(C(=O)Nc2cnc3[nH]c(-c4ccnc(C(C)C)c4)cc3c2)c1C. The summed E-state index contributed by atoms with van der Waals surface area (Å²) in [5.74, 6) is 0.105. The van der Waals surface area contributed by atoms with Crippen molar-refractivity contribution in [2.45, 2.75) is 33.6 Å². The van der Waals surface area contributed by atoms with Crippen LogP contribution in [-0.4, -0.2) is 31.1 Å². The van der Waals surface area contributed by atoms with Crippen LogP contribution in [0.15, 0.2) is 36.7 Å². The number of carbonyl (C=O) groups is 1. The molecular weight excluding hydrogens is 352 g/mol. The fraction of sp³-hybridized carbons (Fsp3) is 0.238. The predicted octanol–water partition coefficient (Wildman–Crippen LogP) is 4.34. The van der Waals surface area contributed by atoms with E-state index < -0.39 is 0 Å². The van der Waals surface area contributed by atoms with Crippen molar-refractivity contribution in [2.24, 2.45) is 0 Å². The molecule has 0 bridgehead atoms. The van der Waals surface area contributed by atoms with Gasteiger partial charge < -0.3 is 10.3 Å². The number of H-pyrrole nitrogens is 2. The maximum absolute atomic E-state index is 12.5. The summed E-state index contributed by atoms with van der Waals surface area (Å²) >= 11 is 0. The highest BCUT2D eigenvalue weighted by atomic mass is 16.1. The molecule has 7 nitrogen and oxygen atoms in total. The standard InChI is InChI=1S/C21H22N6O/c1-11(2)17-8-14(5-6-22-17)18-9-15-7-16(10-23-20(15)25-18)24-21(28)19-12(3)13(4)26-27-19/h5-11H,1-4H3,(H,23,25)(H,24,28)(H,26,27). The summed E-state index contributed by atoms with van der Waals surface area (Å²) < 4.78 is 0. The van der Waals surface area contributed by atoms with Gasteiger partial charge in [-0.25, -0.2) is 4.98 Å². The molecule has 4 aromatic heterocycles. The lowest BCUT2D eigenvalue weighted by Gasteiger charge is -2.05. The number of amides is 1. The van der Waals surface area contributed by atoms with Crippen LogP contribution in [0.1, 0.15) is 47.2 Å². The van der Waals surface area contributed by atoms with Gasteiger partial charge in [0.15, 0.2) is 5.69 Å². The molecule has 1 amide bonds. The van der Waals surface area contributed by atoms with Crippen molar-refractivity contribution in [1.29, 1.82) is 0 Å². The molecule has 0 radical (unpaired) electrons. The van der Waals surface area contributed by atoms with E-state index in [9.17, 15) is 4.79 Å². The molecule has 28 heavy (non-hydrogen) atoms. The van der Waals surface area contributed by atoms with Gasteiger partial charge in [-0.3, -0.25) is 14.9 Å². The van der Waals surface area contributed by atoms with Crippen LogP contribution in [0.4, 0.5) is 5.69 Å². The number of fused-ring (bicyclic) bond motifs is 1. The number of anilines is 1. The number of aromatic nitrogens is 5. The van der Waals surface area contributed by atoms with Crippen LogP contribution >= 0.6 is 0 Å². The minimum atomic E-state index is -0.255. The minimum absolute atomic E-state index is 0.255. The van der Waals surface area contributed by atoms with Gasteiger partial charge >= 0.3 is 0 Å². The molecule has 0 unspecified atom stereocenters. The molecule has 0 saturated carbocycles. The zero-order chi connectivity index (χ0) is 19.8. The lowest BCUT2D eigenvalue weighted by atomic mass is 10.1. The fourth-order valence-corrected chi connectivity index (χ4v) is 3.07. The highest BCUT2D eigenvalue weighted by Crippen LogP contribution is 2.26. The molecule has 0 atom stereocenters. The van der Waals surface area contributed by atoms with E-state index in [4.69, 9.17) is 0 Å². The first kappa shape index (κ1) is 17.9. The fourth-order valence-electron chi connectivity index (χ4n) is 3.07. The predicted molar refractivity (Wildman–Crippen MR) is 109 cm³/mol. The maximum Gasteiger partial charge on any atom is 0.276 e. The van der Waals surface area contributed by atoms with Gasteiger partial charge in [0.05, 0.1) is 11.9 Å². The quantitative estimate of drug-likeness (QED) is 0.495. The monoisotopic (exact) mass is 374 g/mol. The van der Waals surface area contributed by atoms with E-state index in [1.54, 1.807) is 6.20 Å².